The van der Waals surface area contributed by atoms with Crippen molar-refractivity contribution in [1.82, 2.24) is 4.90 Å². The smallest absolute Gasteiger partial charge is 0.223 e. The van der Waals surface area contributed by atoms with Gasteiger partial charge in [-0.15, -0.1) is 11.3 Å². The average Bonchev–Trinajstić information content (AvgIpc) is 2.68. The van der Waals surface area contributed by atoms with Gasteiger partial charge in [-0.25, -0.2) is 0 Å². The molecule has 1 aromatic rings. The first-order chi connectivity index (χ1) is 8.40. The van der Waals surface area contributed by atoms with Crippen LogP contribution in [0.25, 0.3) is 0 Å². The Morgan fingerprint density at radius 3 is 2.61 bits per heavy atom. The Labute approximate surface area is 121 Å². The topological polar surface area (TPSA) is 40.5 Å². The number of rotatable bonds is 6. The molecule has 0 radical (unpaired) electrons. The van der Waals surface area contributed by atoms with Crippen molar-refractivity contribution in [3.63, 3.8) is 0 Å². The number of amides is 1. The van der Waals surface area contributed by atoms with Gasteiger partial charge >= 0.3 is 0 Å². The van der Waals surface area contributed by atoms with Crippen molar-refractivity contribution >= 4 is 33.2 Å². The van der Waals surface area contributed by atoms with E-state index in [1.54, 1.807) is 23.2 Å². The summed E-state index contributed by atoms with van der Waals surface area (Å²) in [7, 11) is 0. The van der Waals surface area contributed by atoms with Crippen LogP contribution < -0.4 is 0 Å². The van der Waals surface area contributed by atoms with Crippen LogP contribution in [-0.4, -0.2) is 34.6 Å². The first-order valence-electron chi connectivity index (χ1n) is 6.10. The fourth-order valence-corrected chi connectivity index (χ4v) is 3.20. The summed E-state index contributed by atoms with van der Waals surface area (Å²) in [4.78, 5) is 15.1. The molecule has 102 valence electrons. The number of halogens is 1. The van der Waals surface area contributed by atoms with Crippen LogP contribution in [0.3, 0.4) is 0 Å². The van der Waals surface area contributed by atoms with Crippen molar-refractivity contribution in [3.05, 3.63) is 20.8 Å². The first-order valence-corrected chi connectivity index (χ1v) is 7.78. The number of thiophene rings is 1. The van der Waals surface area contributed by atoms with E-state index < -0.39 is 6.10 Å². The molecule has 0 aliphatic rings. The lowest BCUT2D eigenvalue weighted by Gasteiger charge is -2.28. The molecule has 1 aromatic heterocycles. The van der Waals surface area contributed by atoms with E-state index in [9.17, 15) is 9.90 Å². The monoisotopic (exact) mass is 333 g/mol. The van der Waals surface area contributed by atoms with E-state index in [0.29, 0.717) is 13.0 Å². The van der Waals surface area contributed by atoms with Crippen LogP contribution in [0.5, 0.6) is 0 Å². The molecule has 0 saturated heterocycles. The SMILES string of the molecule is CC(O)CN(C(=O)CCc1cc(Br)cs1)C(C)C. The van der Waals surface area contributed by atoms with Crippen LogP contribution in [0, 0.1) is 0 Å². The van der Waals surface area contributed by atoms with Crippen LogP contribution in [0.4, 0.5) is 0 Å². The molecule has 0 aliphatic carbocycles. The minimum atomic E-state index is -0.479. The van der Waals surface area contributed by atoms with E-state index in [1.807, 2.05) is 25.3 Å². The third kappa shape index (κ3) is 5.08. The van der Waals surface area contributed by atoms with Crippen LogP contribution in [0.2, 0.25) is 0 Å². The highest BCUT2D eigenvalue weighted by Gasteiger charge is 2.18. The lowest BCUT2D eigenvalue weighted by Crippen LogP contribution is -2.41. The van der Waals surface area contributed by atoms with Gasteiger partial charge in [0.2, 0.25) is 5.91 Å². The van der Waals surface area contributed by atoms with Crippen molar-refractivity contribution in [2.75, 3.05) is 6.54 Å². The minimum absolute atomic E-state index is 0.107. The van der Waals surface area contributed by atoms with Gasteiger partial charge in [0.05, 0.1) is 6.10 Å². The van der Waals surface area contributed by atoms with Crippen molar-refractivity contribution in [2.45, 2.75) is 45.8 Å². The summed E-state index contributed by atoms with van der Waals surface area (Å²) in [5.41, 5.74) is 0. The highest BCUT2D eigenvalue weighted by molar-refractivity contribution is 9.10. The molecule has 0 aliphatic heterocycles. The summed E-state index contributed by atoms with van der Waals surface area (Å²) >= 11 is 5.06. The Morgan fingerprint density at radius 2 is 2.17 bits per heavy atom. The van der Waals surface area contributed by atoms with E-state index in [2.05, 4.69) is 15.9 Å². The number of carbonyl (C=O) groups excluding carboxylic acids is 1. The predicted molar refractivity (Wildman–Crippen MR) is 78.9 cm³/mol. The zero-order valence-electron chi connectivity index (χ0n) is 11.0. The van der Waals surface area contributed by atoms with Gasteiger partial charge in [-0.3, -0.25) is 4.79 Å². The zero-order valence-corrected chi connectivity index (χ0v) is 13.4. The Morgan fingerprint density at radius 1 is 1.50 bits per heavy atom. The molecule has 0 fully saturated rings. The summed E-state index contributed by atoms with van der Waals surface area (Å²) in [6.07, 6.45) is 0.780. The predicted octanol–water partition coefficient (Wildman–Crippen LogP) is 3.06. The third-order valence-electron chi connectivity index (χ3n) is 2.61. The van der Waals surface area contributed by atoms with E-state index in [4.69, 9.17) is 0 Å². The molecule has 3 nitrogen and oxygen atoms in total. The Balaban J connectivity index is 2.51. The summed E-state index contributed by atoms with van der Waals surface area (Å²) < 4.78 is 1.07. The minimum Gasteiger partial charge on any atom is -0.392 e. The molecule has 1 heterocycles. The number of hydrogen-bond donors (Lipinski definition) is 1. The van der Waals surface area contributed by atoms with E-state index in [-0.39, 0.29) is 11.9 Å². The molecule has 0 saturated carbocycles. The quantitative estimate of drug-likeness (QED) is 0.869. The van der Waals surface area contributed by atoms with Crippen LogP contribution in [0.15, 0.2) is 15.9 Å². The Bertz CT molecular complexity index is 390. The summed E-state index contributed by atoms with van der Waals surface area (Å²) in [6, 6.07) is 2.17. The summed E-state index contributed by atoms with van der Waals surface area (Å²) in [5, 5.41) is 11.4. The molecule has 1 atom stereocenters. The number of carbonyl (C=O) groups is 1. The van der Waals surface area contributed by atoms with Gasteiger partial charge in [0, 0.05) is 33.7 Å². The first kappa shape index (κ1) is 15.7. The van der Waals surface area contributed by atoms with Gasteiger partial charge in [0.25, 0.3) is 0 Å². The second kappa shape index (κ2) is 7.26. The number of aliphatic hydroxyl groups excluding tert-OH is 1. The van der Waals surface area contributed by atoms with Gasteiger partial charge in [-0.1, -0.05) is 0 Å². The van der Waals surface area contributed by atoms with Crippen molar-refractivity contribution in [3.8, 4) is 0 Å². The summed E-state index contributed by atoms with van der Waals surface area (Å²) in [5.74, 6) is 0.107. The maximum Gasteiger partial charge on any atom is 0.223 e. The second-order valence-electron chi connectivity index (χ2n) is 4.72. The largest absolute Gasteiger partial charge is 0.392 e. The molecular weight excluding hydrogens is 314 g/mol. The van der Waals surface area contributed by atoms with Crippen LogP contribution >= 0.6 is 27.3 Å². The van der Waals surface area contributed by atoms with E-state index in [1.165, 1.54) is 4.88 Å². The summed E-state index contributed by atoms with van der Waals surface area (Å²) in [6.45, 7) is 6.06. The number of aryl methyl sites for hydroxylation is 1. The van der Waals surface area contributed by atoms with Gasteiger partial charge in [0.1, 0.15) is 0 Å². The number of hydrogen-bond acceptors (Lipinski definition) is 3. The second-order valence-corrected chi connectivity index (χ2v) is 6.63. The van der Waals surface area contributed by atoms with Gasteiger partial charge in [-0.2, -0.15) is 0 Å². The molecule has 0 spiro atoms. The molecule has 0 aromatic carbocycles. The Kier molecular flexibility index (Phi) is 6.32. The molecule has 1 rings (SSSR count). The molecule has 18 heavy (non-hydrogen) atoms. The van der Waals surface area contributed by atoms with E-state index in [0.717, 1.165) is 10.9 Å². The fraction of sp³-hybridized carbons (Fsp3) is 0.615. The molecule has 0 bridgehead atoms. The molecule has 1 amide bonds. The lowest BCUT2D eigenvalue weighted by atomic mass is 10.2. The van der Waals surface area contributed by atoms with Crippen LogP contribution in [0.1, 0.15) is 32.1 Å². The van der Waals surface area contributed by atoms with Gasteiger partial charge in [-0.05, 0) is 49.2 Å². The highest BCUT2D eigenvalue weighted by atomic mass is 79.9. The Hall–Kier alpha value is -0.390. The maximum atomic E-state index is 12.1. The average molecular weight is 334 g/mol. The highest BCUT2D eigenvalue weighted by Crippen LogP contribution is 2.21. The zero-order chi connectivity index (χ0) is 13.7. The van der Waals surface area contributed by atoms with Crippen LogP contribution in [-0.2, 0) is 11.2 Å². The van der Waals surface area contributed by atoms with Crippen molar-refractivity contribution < 1.29 is 9.90 Å². The van der Waals surface area contributed by atoms with Crippen molar-refractivity contribution in [1.29, 1.82) is 0 Å². The fourth-order valence-electron chi connectivity index (χ4n) is 1.74. The molecule has 1 N–H and O–H groups in total. The standard InChI is InChI=1S/C13H20BrNO2S/c1-9(2)15(7-10(3)16)13(17)5-4-12-6-11(14)8-18-12/h6,8-10,16H,4-5,7H2,1-3H3. The van der Waals surface area contributed by atoms with Crippen molar-refractivity contribution in [2.24, 2.45) is 0 Å². The van der Waals surface area contributed by atoms with Gasteiger partial charge in [0.15, 0.2) is 0 Å². The van der Waals surface area contributed by atoms with E-state index >= 15 is 0 Å². The third-order valence-corrected chi connectivity index (χ3v) is 4.37. The normalized spacial score (nSPS) is 12.8. The molecular formula is C13H20BrNO2S. The lowest BCUT2D eigenvalue weighted by molar-refractivity contribution is -0.134. The number of aliphatic hydroxyl groups is 1. The maximum absolute atomic E-state index is 12.1. The molecule has 5 heteroatoms. The number of nitrogens with zero attached hydrogens (tertiary/aromatic N) is 1. The van der Waals surface area contributed by atoms with Gasteiger partial charge < -0.3 is 10.0 Å². The molecule has 1 unspecified atom stereocenters.